The van der Waals surface area contributed by atoms with Gasteiger partial charge in [0.25, 0.3) is 0 Å². The molecule has 8 nitrogen and oxygen atoms in total. The summed E-state index contributed by atoms with van der Waals surface area (Å²) in [5, 5.41) is 5.99. The molecule has 2 aromatic carbocycles. The number of rotatable bonds is 7. The van der Waals surface area contributed by atoms with E-state index in [0.29, 0.717) is 17.5 Å². The maximum absolute atomic E-state index is 12.8. The summed E-state index contributed by atoms with van der Waals surface area (Å²) in [6.07, 6.45) is 1.48. The molecular weight excluding hydrogens is 587 g/mol. The summed E-state index contributed by atoms with van der Waals surface area (Å²) in [5.74, 6) is 0.668. The van der Waals surface area contributed by atoms with Gasteiger partial charge in [0.05, 0.1) is 22.0 Å². The van der Waals surface area contributed by atoms with Crippen molar-refractivity contribution < 1.29 is 8.42 Å². The van der Waals surface area contributed by atoms with Crippen LogP contribution in [0.15, 0.2) is 59.6 Å². The Kier molecular flexibility index (Phi) is 7.80. The lowest BCUT2D eigenvalue weighted by Gasteiger charge is -2.33. The van der Waals surface area contributed by atoms with Crippen LogP contribution in [-0.2, 0) is 9.84 Å². The third kappa shape index (κ3) is 5.73. The van der Waals surface area contributed by atoms with Crippen molar-refractivity contribution in [2.24, 2.45) is 0 Å². The van der Waals surface area contributed by atoms with Gasteiger partial charge >= 0.3 is 0 Å². The van der Waals surface area contributed by atoms with Gasteiger partial charge in [-0.1, -0.05) is 23.7 Å². The maximum atomic E-state index is 12.8. The van der Waals surface area contributed by atoms with E-state index >= 15 is 0 Å². The Morgan fingerprint density at radius 3 is 2.35 bits per heavy atom. The van der Waals surface area contributed by atoms with Crippen LogP contribution in [0, 0.1) is 0 Å². The number of hydrogen-bond donors (Lipinski definition) is 2. The summed E-state index contributed by atoms with van der Waals surface area (Å²) >= 11 is 8.68. The number of hydrogen-bond acceptors (Lipinski definition) is 8. The fourth-order valence-electron chi connectivity index (χ4n) is 3.54. The minimum absolute atomic E-state index is 0.202. The minimum Gasteiger partial charge on any atom is -0.369 e. The number of para-hydroxylation sites is 1. The van der Waals surface area contributed by atoms with Gasteiger partial charge in [-0.15, -0.1) is 0 Å². The van der Waals surface area contributed by atoms with Gasteiger partial charge in [0.15, 0.2) is 15.7 Å². The Morgan fingerprint density at radius 2 is 1.68 bits per heavy atom. The first-order valence-electron chi connectivity index (χ1n) is 10.9. The molecule has 11 heteroatoms. The summed E-state index contributed by atoms with van der Waals surface area (Å²) < 4.78 is 27.8. The molecule has 1 fully saturated rings. The second-order valence-corrected chi connectivity index (χ2v) is 12.4. The Hall–Kier alpha value is -2.15. The molecule has 0 spiro atoms. The van der Waals surface area contributed by atoms with Crippen molar-refractivity contribution in [3.8, 4) is 0 Å². The van der Waals surface area contributed by atoms with E-state index in [0.717, 1.165) is 31.9 Å². The summed E-state index contributed by atoms with van der Waals surface area (Å²) in [7, 11) is -3.49. The van der Waals surface area contributed by atoms with Crippen molar-refractivity contribution in [1.82, 2.24) is 13.1 Å². The van der Waals surface area contributed by atoms with E-state index in [4.69, 9.17) is 11.6 Å². The molecule has 2 N–H and O–H groups in total. The second kappa shape index (κ2) is 10.6. The third-order valence-corrected chi connectivity index (χ3v) is 8.98. The zero-order valence-electron chi connectivity index (χ0n) is 18.9. The van der Waals surface area contributed by atoms with Crippen LogP contribution in [0.5, 0.6) is 0 Å². The Labute approximate surface area is 219 Å². The molecular formula is C23H26ClIN6O2S. The first-order valence-corrected chi connectivity index (χ1v) is 13.8. The highest BCUT2D eigenvalue weighted by Crippen LogP contribution is 2.30. The predicted molar refractivity (Wildman–Crippen MR) is 147 cm³/mol. The van der Waals surface area contributed by atoms with E-state index < -0.39 is 15.1 Å². The monoisotopic (exact) mass is 612 g/mol. The molecule has 0 amide bonds. The highest BCUT2D eigenvalue weighted by molar-refractivity contribution is 14.1. The fourth-order valence-corrected chi connectivity index (χ4v) is 5.31. The lowest BCUT2D eigenvalue weighted by Crippen LogP contribution is -2.42. The van der Waals surface area contributed by atoms with Crippen LogP contribution < -0.4 is 15.5 Å². The molecule has 34 heavy (non-hydrogen) atoms. The van der Waals surface area contributed by atoms with E-state index in [1.165, 1.54) is 11.9 Å². The Balaban J connectivity index is 1.52. The summed E-state index contributed by atoms with van der Waals surface area (Å²) in [4.78, 5) is 11.3. The van der Waals surface area contributed by atoms with Crippen LogP contribution in [0.3, 0.4) is 0 Å². The SMILES string of the molecule is CC(C)S(=O)(=O)c1ccccc1Nc1nc(Nc2ccc(N3CCN(I)CC3)cc2)ncc1Cl. The number of benzene rings is 2. The van der Waals surface area contributed by atoms with Crippen molar-refractivity contribution >= 4 is 73.1 Å². The van der Waals surface area contributed by atoms with Gasteiger partial charge in [0, 0.05) is 60.4 Å². The van der Waals surface area contributed by atoms with Crippen LogP contribution in [-0.4, -0.2) is 52.9 Å². The number of sulfone groups is 1. The molecule has 3 aromatic rings. The molecule has 180 valence electrons. The molecule has 1 aromatic heterocycles. The number of halogens is 2. The standard InChI is InChI=1S/C23H26ClIN6O2S/c1-16(2)34(32,33)21-6-4-3-5-20(21)28-22-19(24)15-26-23(29-22)27-17-7-9-18(10-8-17)30-11-13-31(25)14-12-30/h3-10,15-16H,11-14H2,1-2H3,(H2,26,27,28,29). The van der Waals surface area contributed by atoms with Gasteiger partial charge in [-0.2, -0.15) is 4.98 Å². The van der Waals surface area contributed by atoms with Gasteiger partial charge in [-0.25, -0.2) is 16.5 Å². The quantitative estimate of drug-likeness (QED) is 0.276. The van der Waals surface area contributed by atoms with Gasteiger partial charge in [-0.05, 0) is 50.2 Å². The van der Waals surface area contributed by atoms with Crippen molar-refractivity contribution in [3.63, 3.8) is 0 Å². The molecule has 1 saturated heterocycles. The van der Waals surface area contributed by atoms with E-state index in [2.05, 4.69) is 63.6 Å². The van der Waals surface area contributed by atoms with Gasteiger partial charge < -0.3 is 15.5 Å². The van der Waals surface area contributed by atoms with Gasteiger partial charge in [0.1, 0.15) is 5.02 Å². The largest absolute Gasteiger partial charge is 0.369 e. The predicted octanol–water partition coefficient (Wildman–Crippen LogP) is 5.27. The summed E-state index contributed by atoms with van der Waals surface area (Å²) in [6.45, 7) is 7.38. The third-order valence-electron chi connectivity index (χ3n) is 5.53. The average Bonchev–Trinajstić information content (AvgIpc) is 2.82. The van der Waals surface area contributed by atoms with E-state index in [9.17, 15) is 8.42 Å². The second-order valence-electron chi connectivity index (χ2n) is 8.17. The molecule has 1 aliphatic rings. The topological polar surface area (TPSA) is 90.5 Å². The molecule has 2 heterocycles. The Bertz CT molecular complexity index is 1250. The van der Waals surface area contributed by atoms with Gasteiger partial charge in [0.2, 0.25) is 5.95 Å². The molecule has 0 atom stereocenters. The van der Waals surface area contributed by atoms with Crippen molar-refractivity contribution in [2.75, 3.05) is 41.7 Å². The summed E-state index contributed by atoms with van der Waals surface area (Å²) in [5.41, 5.74) is 2.43. The van der Waals surface area contributed by atoms with Crippen LogP contribution in [0.4, 0.5) is 28.8 Å². The van der Waals surface area contributed by atoms with Crippen LogP contribution in [0.25, 0.3) is 0 Å². The summed E-state index contributed by atoms with van der Waals surface area (Å²) in [6, 6.07) is 14.9. The first-order chi connectivity index (χ1) is 16.2. The molecule has 0 radical (unpaired) electrons. The highest BCUT2D eigenvalue weighted by atomic mass is 127. The Morgan fingerprint density at radius 1 is 1.00 bits per heavy atom. The fraction of sp³-hybridized carbons (Fsp3) is 0.304. The van der Waals surface area contributed by atoms with Crippen molar-refractivity contribution in [1.29, 1.82) is 0 Å². The number of nitrogens with zero attached hydrogens (tertiary/aromatic N) is 4. The van der Waals surface area contributed by atoms with E-state index in [1.54, 1.807) is 38.1 Å². The van der Waals surface area contributed by atoms with Crippen LogP contribution >= 0.6 is 34.5 Å². The highest BCUT2D eigenvalue weighted by Gasteiger charge is 2.23. The molecule has 4 rings (SSSR count). The van der Waals surface area contributed by atoms with Crippen molar-refractivity contribution in [3.05, 3.63) is 59.8 Å². The lowest BCUT2D eigenvalue weighted by atomic mass is 10.2. The smallest absolute Gasteiger partial charge is 0.229 e. The van der Waals surface area contributed by atoms with Crippen molar-refractivity contribution in [2.45, 2.75) is 24.0 Å². The zero-order chi connectivity index (χ0) is 24.3. The molecule has 0 unspecified atom stereocenters. The number of aromatic nitrogens is 2. The van der Waals surface area contributed by atoms with Gasteiger partial charge in [-0.3, -0.25) is 0 Å². The minimum atomic E-state index is -3.49. The van der Waals surface area contributed by atoms with Crippen LogP contribution in [0.2, 0.25) is 5.02 Å². The van der Waals surface area contributed by atoms with E-state index in [-0.39, 0.29) is 9.92 Å². The first kappa shape index (κ1) is 25.0. The maximum Gasteiger partial charge on any atom is 0.229 e. The van der Waals surface area contributed by atoms with Crippen LogP contribution in [0.1, 0.15) is 13.8 Å². The lowest BCUT2D eigenvalue weighted by molar-refractivity contribution is 0.460. The number of anilines is 5. The number of piperazine rings is 1. The molecule has 0 aliphatic carbocycles. The normalized spacial score (nSPS) is 14.9. The molecule has 0 saturated carbocycles. The molecule has 1 aliphatic heterocycles. The zero-order valence-corrected chi connectivity index (χ0v) is 22.6. The molecule has 0 bridgehead atoms. The number of nitrogens with one attached hydrogen (secondary N) is 2. The van der Waals surface area contributed by atoms with E-state index in [1.807, 2.05) is 12.1 Å². The average molecular weight is 613 g/mol.